The molecule has 11 heteroatoms. The Kier molecular flexibility index (Phi) is 12.5. The number of ether oxygens (including phenoxy) is 2. The Morgan fingerprint density at radius 1 is 1.10 bits per heavy atom. The molecule has 3 aliphatic heterocycles. The number of amides is 3. The average Bonchev–Trinajstić information content (AvgIpc) is 3.71. The second-order valence-electron chi connectivity index (χ2n) is 14.8. The van der Waals surface area contributed by atoms with Crippen molar-refractivity contribution < 1.29 is 33.8 Å². The van der Waals surface area contributed by atoms with Gasteiger partial charge in [0.05, 0.1) is 36.6 Å². The maximum Gasteiger partial charge on any atom is 0.313 e. The zero-order chi connectivity index (χ0) is 37.9. The average molecular weight is 779 g/mol. The number of hydrogen-bond donors (Lipinski definition) is 2. The number of alkyl halides is 1. The molecule has 3 amide bonds. The summed E-state index contributed by atoms with van der Waals surface area (Å²) in [6.45, 7) is 17.1. The maximum atomic E-state index is 15.2. The minimum absolute atomic E-state index is 0.0956. The highest BCUT2D eigenvalue weighted by atomic mass is 79.9. The van der Waals surface area contributed by atoms with Crippen LogP contribution in [0.2, 0.25) is 0 Å². The summed E-state index contributed by atoms with van der Waals surface area (Å²) in [4.78, 5) is 60.2. The normalized spacial score (nSPS) is 26.4. The van der Waals surface area contributed by atoms with Crippen molar-refractivity contribution in [1.82, 2.24) is 10.2 Å². The number of anilines is 1. The summed E-state index contributed by atoms with van der Waals surface area (Å²) in [5.74, 6) is -3.61. The fourth-order valence-corrected chi connectivity index (χ4v) is 9.51. The monoisotopic (exact) mass is 777 g/mol. The van der Waals surface area contributed by atoms with Gasteiger partial charge in [-0.3, -0.25) is 19.2 Å². The number of allylic oxidation sites excluding steroid dienone is 1. The smallest absolute Gasteiger partial charge is 0.313 e. The van der Waals surface area contributed by atoms with Gasteiger partial charge in [-0.25, -0.2) is 0 Å². The minimum atomic E-state index is -1.37. The first-order chi connectivity index (χ1) is 24.8. The highest BCUT2D eigenvalue weighted by Gasteiger charge is 2.77. The van der Waals surface area contributed by atoms with Crippen molar-refractivity contribution >= 4 is 45.3 Å². The van der Waals surface area contributed by atoms with Gasteiger partial charge in [0.2, 0.25) is 11.8 Å². The Balaban J connectivity index is 1.57. The fraction of sp³-hybridized carbons (Fsp3) is 0.512. The van der Waals surface area contributed by atoms with Gasteiger partial charge in [0.1, 0.15) is 17.7 Å². The Labute approximate surface area is 315 Å². The van der Waals surface area contributed by atoms with Crippen LogP contribution in [0.5, 0.6) is 0 Å². The summed E-state index contributed by atoms with van der Waals surface area (Å²) < 4.78 is 13.1. The maximum absolute atomic E-state index is 15.2. The lowest BCUT2D eigenvalue weighted by molar-refractivity contribution is -0.162. The van der Waals surface area contributed by atoms with Gasteiger partial charge >= 0.3 is 5.97 Å². The Hall–Kier alpha value is -3.80. The van der Waals surface area contributed by atoms with Crippen molar-refractivity contribution in [3.8, 4) is 0 Å². The van der Waals surface area contributed by atoms with Gasteiger partial charge in [-0.05, 0) is 62.6 Å². The first-order valence-electron chi connectivity index (χ1n) is 18.2. The summed E-state index contributed by atoms with van der Waals surface area (Å²) >= 11 is 3.76. The Bertz CT molecular complexity index is 1650. The van der Waals surface area contributed by atoms with Crippen LogP contribution in [0.1, 0.15) is 69.2 Å². The standard InChI is InChI=1S/C41H52BrN3O7/c1-8-10-19-31(47)43-27(7)35(28-17-12-11-13-18-28)51-40(50)32-33-38(48)45(29(23-46)21-24(3)4)37(41(33)22-30(42)36(32)52-41)39(49)44(20-9-2)34-25(5)15-14-16-26(34)6/h8-9,11-18,24,27,29-30,32-33,35-37,46H,1-2,10,19-23H2,3-7H3,(H,43,47)/t27-,29-,30?,32+,33-,35-,36+,37+,41-/m1/s1. The number of carbonyl (C=O) groups is 4. The number of esters is 1. The predicted octanol–water partition coefficient (Wildman–Crippen LogP) is 5.73. The number of nitrogens with one attached hydrogen (secondary N) is 1. The number of aliphatic hydroxyl groups is 1. The van der Waals surface area contributed by atoms with E-state index in [0.717, 1.165) is 16.8 Å². The summed E-state index contributed by atoms with van der Waals surface area (Å²) in [6.07, 6.45) is 3.19. The van der Waals surface area contributed by atoms with E-state index in [1.54, 1.807) is 24.0 Å². The second-order valence-corrected chi connectivity index (χ2v) is 16.0. The zero-order valence-corrected chi connectivity index (χ0v) is 32.4. The molecular formula is C41H52BrN3O7. The van der Waals surface area contributed by atoms with E-state index in [0.29, 0.717) is 24.8 Å². The largest absolute Gasteiger partial charge is 0.455 e. The number of carbonyl (C=O) groups excluding carboxylic acids is 4. The van der Waals surface area contributed by atoms with Crippen molar-refractivity contribution in [2.75, 3.05) is 18.1 Å². The van der Waals surface area contributed by atoms with Crippen molar-refractivity contribution in [3.05, 3.63) is 90.5 Å². The number of aliphatic hydroxyl groups excluding tert-OH is 1. The van der Waals surface area contributed by atoms with Crippen molar-refractivity contribution in [2.45, 2.75) is 101 Å². The van der Waals surface area contributed by atoms with E-state index in [1.807, 2.05) is 76.2 Å². The molecule has 280 valence electrons. The number of hydrogen-bond acceptors (Lipinski definition) is 7. The molecule has 3 fully saturated rings. The lowest BCUT2D eigenvalue weighted by Gasteiger charge is -2.40. The number of rotatable bonds is 16. The molecule has 52 heavy (non-hydrogen) atoms. The quantitative estimate of drug-likeness (QED) is 0.127. The molecule has 3 heterocycles. The third kappa shape index (κ3) is 7.37. The van der Waals surface area contributed by atoms with E-state index in [4.69, 9.17) is 9.47 Å². The van der Waals surface area contributed by atoms with Crippen LogP contribution in [0.3, 0.4) is 0 Å². The fourth-order valence-electron chi connectivity index (χ4n) is 8.57. The summed E-state index contributed by atoms with van der Waals surface area (Å²) in [5, 5.41) is 13.7. The van der Waals surface area contributed by atoms with E-state index in [1.165, 1.54) is 4.90 Å². The van der Waals surface area contributed by atoms with E-state index in [2.05, 4.69) is 34.4 Å². The van der Waals surface area contributed by atoms with Crippen LogP contribution in [-0.2, 0) is 28.7 Å². The molecule has 3 aliphatic rings. The van der Waals surface area contributed by atoms with Crippen LogP contribution >= 0.6 is 15.9 Å². The van der Waals surface area contributed by atoms with E-state index in [9.17, 15) is 19.5 Å². The van der Waals surface area contributed by atoms with Crippen molar-refractivity contribution in [1.29, 1.82) is 0 Å². The first-order valence-corrected chi connectivity index (χ1v) is 19.1. The number of aryl methyl sites for hydroxylation is 2. The molecule has 0 aliphatic carbocycles. The van der Waals surface area contributed by atoms with Gasteiger partial charge in [-0.1, -0.05) is 90.5 Å². The number of fused-ring (bicyclic) bond motifs is 1. The molecule has 2 aromatic rings. The second kappa shape index (κ2) is 16.5. The Morgan fingerprint density at radius 3 is 2.37 bits per heavy atom. The number of para-hydroxylation sites is 1. The number of nitrogens with zero attached hydrogens (tertiary/aromatic N) is 2. The summed E-state index contributed by atoms with van der Waals surface area (Å²) in [7, 11) is 0. The molecule has 3 saturated heterocycles. The minimum Gasteiger partial charge on any atom is -0.455 e. The molecule has 5 rings (SSSR count). The molecule has 0 radical (unpaired) electrons. The molecule has 2 bridgehead atoms. The topological polar surface area (TPSA) is 125 Å². The van der Waals surface area contributed by atoms with Crippen LogP contribution in [0.4, 0.5) is 5.69 Å². The van der Waals surface area contributed by atoms with Gasteiger partial charge < -0.3 is 29.7 Å². The molecule has 2 N–H and O–H groups in total. The predicted molar refractivity (Wildman–Crippen MR) is 204 cm³/mol. The van der Waals surface area contributed by atoms with Gasteiger partial charge in [0.25, 0.3) is 5.91 Å². The zero-order valence-electron chi connectivity index (χ0n) is 30.8. The van der Waals surface area contributed by atoms with Crippen LogP contribution in [-0.4, -0.2) is 81.5 Å². The van der Waals surface area contributed by atoms with Gasteiger partial charge in [-0.15, -0.1) is 13.2 Å². The highest BCUT2D eigenvalue weighted by Crippen LogP contribution is 2.61. The van der Waals surface area contributed by atoms with Crippen molar-refractivity contribution in [3.63, 3.8) is 0 Å². The van der Waals surface area contributed by atoms with Crippen LogP contribution in [0, 0.1) is 31.6 Å². The summed E-state index contributed by atoms with van der Waals surface area (Å²) in [6, 6.07) is 12.5. The molecule has 10 nitrogen and oxygen atoms in total. The molecule has 0 aromatic heterocycles. The number of likely N-dealkylation sites (tertiary alicyclic amines) is 1. The Morgan fingerprint density at radius 2 is 1.77 bits per heavy atom. The SMILES string of the molecule is C=CCCC(=O)N[C@H](C)[C@@H](OC(=O)[C@@H]1[C@H]2O[C@@]3(CC2Br)[C@H](C(=O)N(CC=C)c2c(C)cccc2C)N([C@@H](CO)CC(C)C)C(=O)[C@@H]13)c1ccccc1. The van der Waals surface area contributed by atoms with Crippen LogP contribution in [0.15, 0.2) is 73.8 Å². The molecule has 0 saturated carbocycles. The molecule has 9 atom stereocenters. The van der Waals surface area contributed by atoms with E-state index < -0.39 is 59.6 Å². The van der Waals surface area contributed by atoms with E-state index in [-0.39, 0.29) is 42.1 Å². The lowest BCUT2D eigenvalue weighted by Crippen LogP contribution is -2.59. The van der Waals surface area contributed by atoms with Gasteiger partial charge in [0, 0.05) is 23.5 Å². The molecule has 2 aromatic carbocycles. The number of halogens is 1. The van der Waals surface area contributed by atoms with Crippen molar-refractivity contribution in [2.24, 2.45) is 17.8 Å². The first kappa shape index (κ1) is 39.4. The van der Waals surface area contributed by atoms with Gasteiger partial charge in [0.15, 0.2) is 0 Å². The third-order valence-electron chi connectivity index (χ3n) is 10.7. The number of benzene rings is 2. The van der Waals surface area contributed by atoms with Crippen LogP contribution in [0.25, 0.3) is 0 Å². The lowest BCUT2D eigenvalue weighted by atomic mass is 9.70. The highest BCUT2D eigenvalue weighted by molar-refractivity contribution is 9.09. The van der Waals surface area contributed by atoms with Crippen LogP contribution < -0.4 is 10.2 Å². The summed E-state index contributed by atoms with van der Waals surface area (Å²) in [5.41, 5.74) is 1.80. The van der Waals surface area contributed by atoms with E-state index >= 15 is 4.79 Å². The molecule has 1 spiro atoms. The van der Waals surface area contributed by atoms with Gasteiger partial charge in [-0.2, -0.15) is 0 Å². The molecule has 1 unspecified atom stereocenters. The third-order valence-corrected chi connectivity index (χ3v) is 11.5. The molecular weight excluding hydrogens is 726 g/mol.